The molecule has 5 nitrogen and oxygen atoms in total. The van der Waals surface area contributed by atoms with Gasteiger partial charge in [0.2, 0.25) is 0 Å². The molecule has 0 radical (unpaired) electrons. The molecule has 0 saturated heterocycles. The zero-order valence-corrected chi connectivity index (χ0v) is 11.0. The molecular weight excluding hydrogens is 242 g/mol. The monoisotopic (exact) mass is 259 g/mol. The highest BCUT2D eigenvalue weighted by atomic mass is 16.4. The van der Waals surface area contributed by atoms with Gasteiger partial charge in [-0.15, -0.1) is 0 Å². The normalized spacial score (nSPS) is 14.0. The topological polar surface area (TPSA) is 75.1 Å². The second-order valence-electron chi connectivity index (χ2n) is 4.59. The second-order valence-corrected chi connectivity index (χ2v) is 4.59. The number of fused-ring (bicyclic) bond motifs is 1. The molecule has 2 atom stereocenters. The number of hydrogen-bond acceptors (Lipinski definition) is 4. The molecular formula is C14H17N3O2. The summed E-state index contributed by atoms with van der Waals surface area (Å²) in [6.07, 6.45) is 2.35. The molecule has 0 aliphatic rings. The minimum absolute atomic E-state index is 0.0192. The van der Waals surface area contributed by atoms with Crippen molar-refractivity contribution in [1.29, 1.82) is 0 Å². The molecule has 100 valence electrons. The molecule has 0 aliphatic carbocycles. The van der Waals surface area contributed by atoms with Gasteiger partial charge >= 0.3 is 5.97 Å². The molecule has 1 aromatic heterocycles. The van der Waals surface area contributed by atoms with Crippen LogP contribution < -0.4 is 5.32 Å². The van der Waals surface area contributed by atoms with Crippen LogP contribution in [0.5, 0.6) is 0 Å². The van der Waals surface area contributed by atoms with Crippen LogP contribution in [-0.4, -0.2) is 27.1 Å². The Kier molecular flexibility index (Phi) is 3.94. The molecule has 2 aromatic rings. The van der Waals surface area contributed by atoms with Crippen molar-refractivity contribution in [3.05, 3.63) is 30.5 Å². The van der Waals surface area contributed by atoms with E-state index in [0.717, 1.165) is 17.5 Å². The van der Waals surface area contributed by atoms with E-state index in [-0.39, 0.29) is 5.92 Å². The first-order valence-electron chi connectivity index (χ1n) is 6.33. The maximum atomic E-state index is 11.3. The van der Waals surface area contributed by atoms with Crippen molar-refractivity contribution in [2.75, 3.05) is 5.32 Å². The Hall–Kier alpha value is -2.17. The molecule has 0 bridgehead atoms. The van der Waals surface area contributed by atoms with Gasteiger partial charge in [-0.2, -0.15) is 0 Å². The lowest BCUT2D eigenvalue weighted by Crippen LogP contribution is -2.35. The fourth-order valence-corrected chi connectivity index (χ4v) is 1.87. The number of aromatic nitrogens is 2. The third-order valence-corrected chi connectivity index (χ3v) is 3.23. The number of benzene rings is 1. The van der Waals surface area contributed by atoms with E-state index in [9.17, 15) is 9.90 Å². The molecule has 0 amide bonds. The summed E-state index contributed by atoms with van der Waals surface area (Å²) in [5.74, 6) is -0.360. The summed E-state index contributed by atoms with van der Waals surface area (Å²) < 4.78 is 0. The third kappa shape index (κ3) is 2.99. The van der Waals surface area contributed by atoms with Gasteiger partial charge in [0, 0.05) is 0 Å². The van der Waals surface area contributed by atoms with Crippen molar-refractivity contribution in [1.82, 2.24) is 9.97 Å². The largest absolute Gasteiger partial charge is 0.480 e. The van der Waals surface area contributed by atoms with Gasteiger partial charge in [-0.1, -0.05) is 32.4 Å². The van der Waals surface area contributed by atoms with Gasteiger partial charge in [0.25, 0.3) is 0 Å². The molecule has 0 spiro atoms. The number of nitrogens with one attached hydrogen (secondary N) is 1. The average Bonchev–Trinajstić information content (AvgIpc) is 2.43. The van der Waals surface area contributed by atoms with Crippen molar-refractivity contribution in [3.63, 3.8) is 0 Å². The SMILES string of the molecule is CC[C@H](C)[C@H](Nc1cnc2ccccc2n1)C(=O)O. The lowest BCUT2D eigenvalue weighted by atomic mass is 9.99. The van der Waals surface area contributed by atoms with Crippen LogP contribution in [0.3, 0.4) is 0 Å². The van der Waals surface area contributed by atoms with Crippen molar-refractivity contribution in [2.45, 2.75) is 26.3 Å². The first-order chi connectivity index (χ1) is 9.11. The first-order valence-corrected chi connectivity index (χ1v) is 6.33. The van der Waals surface area contributed by atoms with Crippen LogP contribution in [0.1, 0.15) is 20.3 Å². The smallest absolute Gasteiger partial charge is 0.326 e. The molecule has 1 aromatic carbocycles. The maximum absolute atomic E-state index is 11.3. The quantitative estimate of drug-likeness (QED) is 0.863. The molecule has 2 N–H and O–H groups in total. The minimum atomic E-state index is -0.871. The molecule has 0 saturated carbocycles. The number of carboxylic acids is 1. The van der Waals surface area contributed by atoms with Crippen LogP contribution in [-0.2, 0) is 4.79 Å². The van der Waals surface area contributed by atoms with Crippen LogP contribution in [0.15, 0.2) is 30.5 Å². The van der Waals surface area contributed by atoms with E-state index < -0.39 is 12.0 Å². The lowest BCUT2D eigenvalue weighted by molar-refractivity contribution is -0.139. The third-order valence-electron chi connectivity index (χ3n) is 3.23. The standard InChI is InChI=1S/C14H17N3O2/c1-3-9(2)13(14(18)19)17-12-8-15-10-6-4-5-7-11(10)16-12/h4-9,13H,3H2,1-2H3,(H,16,17)(H,18,19)/t9-,13-/m0/s1. The summed E-state index contributed by atoms with van der Waals surface area (Å²) in [6.45, 7) is 3.87. The Balaban J connectivity index is 2.26. The maximum Gasteiger partial charge on any atom is 0.326 e. The number of carbonyl (C=O) groups is 1. The number of hydrogen-bond donors (Lipinski definition) is 2. The summed E-state index contributed by atoms with van der Waals surface area (Å²) in [5, 5.41) is 12.2. The second kappa shape index (κ2) is 5.65. The van der Waals surface area contributed by atoms with E-state index in [2.05, 4.69) is 15.3 Å². The van der Waals surface area contributed by atoms with Crippen molar-refractivity contribution in [3.8, 4) is 0 Å². The van der Waals surface area contributed by atoms with Gasteiger partial charge in [-0.05, 0) is 18.1 Å². The summed E-state index contributed by atoms with van der Waals surface area (Å²) >= 11 is 0. The lowest BCUT2D eigenvalue weighted by Gasteiger charge is -2.20. The summed E-state index contributed by atoms with van der Waals surface area (Å²) in [6, 6.07) is 6.84. The number of rotatable bonds is 5. The van der Waals surface area contributed by atoms with Gasteiger partial charge in [-0.25, -0.2) is 9.78 Å². The van der Waals surface area contributed by atoms with E-state index in [1.165, 1.54) is 0 Å². The Morgan fingerprint density at radius 3 is 2.68 bits per heavy atom. The van der Waals surface area contributed by atoms with Crippen molar-refractivity contribution >= 4 is 22.8 Å². The molecule has 2 rings (SSSR count). The highest BCUT2D eigenvalue weighted by Crippen LogP contribution is 2.16. The van der Waals surface area contributed by atoms with Gasteiger partial charge in [0.1, 0.15) is 11.9 Å². The molecule has 0 aliphatic heterocycles. The fourth-order valence-electron chi connectivity index (χ4n) is 1.87. The molecule has 19 heavy (non-hydrogen) atoms. The molecule has 0 unspecified atom stereocenters. The van der Waals surface area contributed by atoms with Crippen LogP contribution in [0.2, 0.25) is 0 Å². The van der Waals surface area contributed by atoms with E-state index in [1.807, 2.05) is 38.1 Å². The summed E-state index contributed by atoms with van der Waals surface area (Å²) in [5.41, 5.74) is 1.55. The number of aliphatic carboxylic acids is 1. The Bertz CT molecular complexity index is 586. The summed E-state index contributed by atoms with van der Waals surface area (Å²) in [4.78, 5) is 19.9. The van der Waals surface area contributed by atoms with Crippen molar-refractivity contribution < 1.29 is 9.90 Å². The van der Waals surface area contributed by atoms with Crippen molar-refractivity contribution in [2.24, 2.45) is 5.92 Å². The van der Waals surface area contributed by atoms with Crippen LogP contribution in [0, 0.1) is 5.92 Å². The summed E-state index contributed by atoms with van der Waals surface area (Å²) in [7, 11) is 0. The van der Waals surface area contributed by atoms with Crippen LogP contribution in [0.4, 0.5) is 5.82 Å². The molecule has 1 heterocycles. The van der Waals surface area contributed by atoms with Gasteiger partial charge in [0.05, 0.1) is 17.2 Å². The zero-order chi connectivity index (χ0) is 13.8. The van der Waals surface area contributed by atoms with Gasteiger partial charge in [-0.3, -0.25) is 4.98 Å². The number of para-hydroxylation sites is 2. The zero-order valence-electron chi connectivity index (χ0n) is 11.0. The molecule has 0 fully saturated rings. The molecule has 5 heteroatoms. The Labute approximate surface area is 111 Å². The number of nitrogens with zero attached hydrogens (tertiary/aromatic N) is 2. The predicted molar refractivity (Wildman–Crippen MR) is 74.0 cm³/mol. The van der Waals surface area contributed by atoms with E-state index in [0.29, 0.717) is 5.82 Å². The highest BCUT2D eigenvalue weighted by molar-refractivity contribution is 5.79. The fraction of sp³-hybridized carbons (Fsp3) is 0.357. The highest BCUT2D eigenvalue weighted by Gasteiger charge is 2.23. The minimum Gasteiger partial charge on any atom is -0.480 e. The van der Waals surface area contributed by atoms with E-state index >= 15 is 0 Å². The predicted octanol–water partition coefficient (Wildman–Crippen LogP) is 2.54. The van der Waals surface area contributed by atoms with E-state index in [4.69, 9.17) is 0 Å². The van der Waals surface area contributed by atoms with E-state index in [1.54, 1.807) is 6.20 Å². The van der Waals surface area contributed by atoms with Gasteiger partial charge < -0.3 is 10.4 Å². The average molecular weight is 259 g/mol. The van der Waals surface area contributed by atoms with Crippen LogP contribution >= 0.6 is 0 Å². The number of carboxylic acid groups (broad SMARTS) is 1. The Morgan fingerprint density at radius 2 is 2.05 bits per heavy atom. The van der Waals surface area contributed by atoms with Crippen LogP contribution in [0.25, 0.3) is 11.0 Å². The van der Waals surface area contributed by atoms with Gasteiger partial charge in [0.15, 0.2) is 0 Å². The Morgan fingerprint density at radius 1 is 1.37 bits per heavy atom. The first kappa shape index (κ1) is 13.3. The number of anilines is 1.